The summed E-state index contributed by atoms with van der Waals surface area (Å²) in [5.41, 5.74) is 1.08. The normalized spacial score (nSPS) is 9.40. The molecule has 0 saturated carbocycles. The number of hydrogen-bond donors (Lipinski definition) is 1. The first-order valence-corrected chi connectivity index (χ1v) is 3.59. The van der Waals surface area contributed by atoms with Crippen LogP contribution in [0.25, 0.3) is 0 Å². The Morgan fingerprint density at radius 1 is 1.70 bits per heavy atom. The lowest BCUT2D eigenvalue weighted by Crippen LogP contribution is -1.91. The van der Waals surface area contributed by atoms with E-state index in [1.54, 1.807) is 6.20 Å². The molecule has 0 aliphatic carbocycles. The molecule has 1 aromatic heterocycles. The highest BCUT2D eigenvalue weighted by Crippen LogP contribution is 2.07. The van der Waals surface area contributed by atoms with Gasteiger partial charge in [0.1, 0.15) is 5.82 Å². The fourth-order valence-corrected chi connectivity index (χ4v) is 0.860. The van der Waals surface area contributed by atoms with Crippen molar-refractivity contribution in [1.82, 2.24) is 4.98 Å². The molecule has 0 bridgehead atoms. The van der Waals surface area contributed by atoms with E-state index in [-0.39, 0.29) is 0 Å². The molecule has 0 spiro atoms. The second kappa shape index (κ2) is 3.42. The van der Waals surface area contributed by atoms with Crippen molar-refractivity contribution in [3.8, 4) is 0 Å². The van der Waals surface area contributed by atoms with E-state index in [0.717, 1.165) is 11.4 Å². The SMILES string of the molecule is CNc1cc(CCl)ccn1. The van der Waals surface area contributed by atoms with Crippen molar-refractivity contribution in [1.29, 1.82) is 0 Å². The van der Waals surface area contributed by atoms with Gasteiger partial charge in [0.25, 0.3) is 0 Å². The van der Waals surface area contributed by atoms with Crippen molar-refractivity contribution >= 4 is 17.4 Å². The zero-order valence-corrected chi connectivity index (χ0v) is 6.52. The van der Waals surface area contributed by atoms with E-state index in [4.69, 9.17) is 11.6 Å². The Hall–Kier alpha value is -0.760. The first-order chi connectivity index (χ1) is 4.86. The highest BCUT2D eigenvalue weighted by Gasteiger charge is 1.91. The summed E-state index contributed by atoms with van der Waals surface area (Å²) in [7, 11) is 1.83. The second-order valence-electron chi connectivity index (χ2n) is 1.93. The van der Waals surface area contributed by atoms with E-state index < -0.39 is 0 Å². The first-order valence-electron chi connectivity index (χ1n) is 3.05. The third-order valence-electron chi connectivity index (χ3n) is 1.23. The largest absolute Gasteiger partial charge is 0.373 e. The fraction of sp³-hybridized carbons (Fsp3) is 0.286. The van der Waals surface area contributed by atoms with Crippen molar-refractivity contribution in [3.05, 3.63) is 23.9 Å². The molecular weight excluding hydrogens is 148 g/mol. The fourth-order valence-electron chi connectivity index (χ4n) is 0.694. The Morgan fingerprint density at radius 2 is 2.50 bits per heavy atom. The van der Waals surface area contributed by atoms with E-state index >= 15 is 0 Å². The lowest BCUT2D eigenvalue weighted by atomic mass is 10.3. The van der Waals surface area contributed by atoms with Gasteiger partial charge < -0.3 is 5.32 Å². The highest BCUT2D eigenvalue weighted by molar-refractivity contribution is 6.17. The van der Waals surface area contributed by atoms with Gasteiger partial charge in [0.05, 0.1) is 0 Å². The van der Waals surface area contributed by atoms with Crippen LogP contribution in [0.2, 0.25) is 0 Å². The minimum Gasteiger partial charge on any atom is -0.373 e. The molecular formula is C7H9ClN2. The summed E-state index contributed by atoms with van der Waals surface area (Å²) in [6.07, 6.45) is 1.74. The highest BCUT2D eigenvalue weighted by atomic mass is 35.5. The topological polar surface area (TPSA) is 24.9 Å². The smallest absolute Gasteiger partial charge is 0.125 e. The molecule has 0 radical (unpaired) electrons. The number of hydrogen-bond acceptors (Lipinski definition) is 2. The van der Waals surface area contributed by atoms with Crippen molar-refractivity contribution in [2.24, 2.45) is 0 Å². The van der Waals surface area contributed by atoms with Gasteiger partial charge >= 0.3 is 0 Å². The van der Waals surface area contributed by atoms with Gasteiger partial charge in [0.2, 0.25) is 0 Å². The Balaban J connectivity index is 2.87. The molecule has 1 rings (SSSR count). The third-order valence-corrected chi connectivity index (χ3v) is 1.54. The Bertz CT molecular complexity index is 193. The molecule has 0 aliphatic rings. The molecule has 1 aromatic rings. The van der Waals surface area contributed by atoms with E-state index in [2.05, 4.69) is 10.3 Å². The molecule has 0 aliphatic heterocycles. The summed E-state index contributed by atoms with van der Waals surface area (Å²) < 4.78 is 0. The van der Waals surface area contributed by atoms with Crippen LogP contribution in [0.1, 0.15) is 5.56 Å². The summed E-state index contributed by atoms with van der Waals surface area (Å²) >= 11 is 5.60. The zero-order valence-electron chi connectivity index (χ0n) is 5.76. The van der Waals surface area contributed by atoms with Crippen LogP contribution in [0, 0.1) is 0 Å². The van der Waals surface area contributed by atoms with Crippen LogP contribution in [0.5, 0.6) is 0 Å². The van der Waals surface area contributed by atoms with Crippen molar-refractivity contribution in [2.75, 3.05) is 12.4 Å². The van der Waals surface area contributed by atoms with Crippen LogP contribution in [-0.4, -0.2) is 12.0 Å². The maximum absolute atomic E-state index is 5.60. The number of alkyl halides is 1. The lowest BCUT2D eigenvalue weighted by Gasteiger charge is -1.98. The van der Waals surface area contributed by atoms with E-state index in [1.807, 2.05) is 19.2 Å². The van der Waals surface area contributed by atoms with E-state index in [9.17, 15) is 0 Å². The van der Waals surface area contributed by atoms with Crippen molar-refractivity contribution < 1.29 is 0 Å². The summed E-state index contributed by atoms with van der Waals surface area (Å²) in [6.45, 7) is 0. The minimum atomic E-state index is 0.539. The van der Waals surface area contributed by atoms with Gasteiger partial charge in [-0.25, -0.2) is 4.98 Å². The molecule has 0 aromatic carbocycles. The van der Waals surface area contributed by atoms with E-state index in [1.165, 1.54) is 0 Å². The molecule has 1 N–H and O–H groups in total. The van der Waals surface area contributed by atoms with Gasteiger partial charge in [-0.3, -0.25) is 0 Å². The number of rotatable bonds is 2. The molecule has 10 heavy (non-hydrogen) atoms. The molecule has 2 nitrogen and oxygen atoms in total. The number of anilines is 1. The quantitative estimate of drug-likeness (QED) is 0.662. The molecule has 0 atom stereocenters. The number of aromatic nitrogens is 1. The molecule has 0 saturated heterocycles. The first kappa shape index (κ1) is 7.35. The summed E-state index contributed by atoms with van der Waals surface area (Å²) in [5, 5.41) is 2.93. The van der Waals surface area contributed by atoms with E-state index in [0.29, 0.717) is 5.88 Å². The maximum atomic E-state index is 5.60. The van der Waals surface area contributed by atoms with Gasteiger partial charge in [0.15, 0.2) is 0 Å². The monoisotopic (exact) mass is 156 g/mol. The second-order valence-corrected chi connectivity index (χ2v) is 2.20. The van der Waals surface area contributed by atoms with Gasteiger partial charge in [0, 0.05) is 19.1 Å². The van der Waals surface area contributed by atoms with Crippen LogP contribution in [0.4, 0.5) is 5.82 Å². The average molecular weight is 157 g/mol. The predicted molar refractivity (Wildman–Crippen MR) is 43.3 cm³/mol. The summed E-state index contributed by atoms with van der Waals surface area (Å²) in [4.78, 5) is 4.04. The van der Waals surface area contributed by atoms with Crippen LogP contribution in [0.3, 0.4) is 0 Å². The third kappa shape index (κ3) is 1.61. The number of pyridine rings is 1. The standard InChI is InChI=1S/C7H9ClN2/c1-9-7-4-6(5-8)2-3-10-7/h2-4H,5H2,1H3,(H,9,10). The lowest BCUT2D eigenvalue weighted by molar-refractivity contribution is 1.24. The Labute approximate surface area is 65.2 Å². The number of nitrogens with zero attached hydrogens (tertiary/aromatic N) is 1. The number of halogens is 1. The zero-order chi connectivity index (χ0) is 7.40. The number of nitrogens with one attached hydrogen (secondary N) is 1. The van der Waals surface area contributed by atoms with Crippen LogP contribution >= 0.6 is 11.6 Å². The van der Waals surface area contributed by atoms with Crippen LogP contribution < -0.4 is 5.32 Å². The predicted octanol–water partition coefficient (Wildman–Crippen LogP) is 1.86. The minimum absolute atomic E-state index is 0.539. The van der Waals surface area contributed by atoms with Crippen molar-refractivity contribution in [3.63, 3.8) is 0 Å². The van der Waals surface area contributed by atoms with Crippen molar-refractivity contribution in [2.45, 2.75) is 5.88 Å². The van der Waals surface area contributed by atoms with Crippen LogP contribution in [0.15, 0.2) is 18.3 Å². The molecule has 0 amide bonds. The Kier molecular flexibility index (Phi) is 2.51. The maximum Gasteiger partial charge on any atom is 0.125 e. The summed E-state index contributed by atoms with van der Waals surface area (Å²) in [6, 6.07) is 3.82. The molecule has 3 heteroatoms. The van der Waals surface area contributed by atoms with Gasteiger partial charge in [-0.15, -0.1) is 11.6 Å². The Morgan fingerprint density at radius 3 is 3.10 bits per heavy atom. The van der Waals surface area contributed by atoms with Gasteiger partial charge in [-0.2, -0.15) is 0 Å². The molecule has 54 valence electrons. The van der Waals surface area contributed by atoms with Crippen LogP contribution in [-0.2, 0) is 5.88 Å². The average Bonchev–Trinajstić information content (AvgIpc) is 2.05. The van der Waals surface area contributed by atoms with Gasteiger partial charge in [-0.1, -0.05) is 0 Å². The summed E-state index contributed by atoms with van der Waals surface area (Å²) in [5.74, 6) is 1.40. The molecule has 1 heterocycles. The molecule has 0 unspecified atom stereocenters. The van der Waals surface area contributed by atoms with Gasteiger partial charge in [-0.05, 0) is 17.7 Å². The molecule has 0 fully saturated rings.